The lowest BCUT2D eigenvalue weighted by Crippen LogP contribution is -2.34. The number of unbranched alkanes of at least 4 members (excludes halogenated alkanes) is 1. The maximum Gasteiger partial charge on any atom is 0.326 e. The molecule has 1 fully saturated rings. The Morgan fingerprint density at radius 2 is 2.00 bits per heavy atom. The molecule has 0 saturated carbocycles. The molecule has 0 aliphatic carbocycles. The summed E-state index contributed by atoms with van der Waals surface area (Å²) in [6.45, 7) is 1.92. The number of rotatable bonds is 6. The van der Waals surface area contributed by atoms with Gasteiger partial charge in [-0.15, -0.1) is 0 Å². The summed E-state index contributed by atoms with van der Waals surface area (Å²) in [7, 11) is 0. The van der Waals surface area contributed by atoms with Crippen LogP contribution in [0, 0.1) is 0 Å². The van der Waals surface area contributed by atoms with E-state index in [9.17, 15) is 14.4 Å². The number of benzene rings is 1. The van der Waals surface area contributed by atoms with E-state index < -0.39 is 17.1 Å². The summed E-state index contributed by atoms with van der Waals surface area (Å²) >= 11 is 6.62. The van der Waals surface area contributed by atoms with Crippen LogP contribution in [0.1, 0.15) is 25.3 Å². The van der Waals surface area contributed by atoms with Crippen LogP contribution < -0.4 is 0 Å². The number of amides is 2. The Morgan fingerprint density at radius 1 is 1.30 bits per heavy atom. The minimum atomic E-state index is -0.575. The predicted molar refractivity (Wildman–Crippen MR) is 90.0 cm³/mol. The number of thioether (sulfide) groups is 1. The van der Waals surface area contributed by atoms with Gasteiger partial charge in [0.2, 0.25) is 0 Å². The Hall–Kier alpha value is -1.79. The van der Waals surface area contributed by atoms with Crippen LogP contribution in [0.15, 0.2) is 29.2 Å². The topological polar surface area (TPSA) is 63.7 Å². The zero-order valence-electron chi connectivity index (χ0n) is 12.6. The molecule has 0 radical (unpaired) electrons. The van der Waals surface area contributed by atoms with Crippen molar-refractivity contribution < 1.29 is 19.1 Å². The molecule has 5 nitrogen and oxygen atoms in total. The Balaban J connectivity index is 2.02. The summed E-state index contributed by atoms with van der Waals surface area (Å²) < 4.78 is 4.98. The molecule has 1 saturated heterocycles. The van der Waals surface area contributed by atoms with E-state index in [0.29, 0.717) is 11.6 Å². The van der Waals surface area contributed by atoms with E-state index >= 15 is 0 Å². The third-order valence-electron chi connectivity index (χ3n) is 3.09. The standard InChI is InChI=1S/C16H16ClNO4S/c1-2-3-8-22-14(19)10-18-15(20)13(23-16(18)21)9-11-4-6-12(17)7-5-11/h4-7,9H,2-3,8,10H2,1H3/b13-9+. The highest BCUT2D eigenvalue weighted by Crippen LogP contribution is 2.32. The first-order chi connectivity index (χ1) is 11.0. The van der Waals surface area contributed by atoms with E-state index in [1.165, 1.54) is 0 Å². The van der Waals surface area contributed by atoms with Gasteiger partial charge in [0, 0.05) is 5.02 Å². The van der Waals surface area contributed by atoms with Gasteiger partial charge in [-0.3, -0.25) is 19.3 Å². The molecular formula is C16H16ClNO4S. The SMILES string of the molecule is CCCCOC(=O)CN1C(=O)S/C(=C/c2ccc(Cl)cc2)C1=O. The third-order valence-corrected chi connectivity index (χ3v) is 4.25. The number of hydrogen-bond donors (Lipinski definition) is 0. The van der Waals surface area contributed by atoms with Gasteiger partial charge in [-0.2, -0.15) is 0 Å². The number of ether oxygens (including phenoxy) is 1. The van der Waals surface area contributed by atoms with Crippen LogP contribution in [0.4, 0.5) is 4.79 Å². The average Bonchev–Trinajstić information content (AvgIpc) is 2.77. The molecule has 0 N–H and O–H groups in total. The van der Waals surface area contributed by atoms with E-state index in [4.69, 9.17) is 16.3 Å². The van der Waals surface area contributed by atoms with Gasteiger partial charge >= 0.3 is 5.97 Å². The molecule has 0 bridgehead atoms. The van der Waals surface area contributed by atoms with Crippen molar-refractivity contribution in [1.82, 2.24) is 4.90 Å². The number of halogens is 1. The van der Waals surface area contributed by atoms with Gasteiger partial charge in [0.25, 0.3) is 11.1 Å². The monoisotopic (exact) mass is 353 g/mol. The summed E-state index contributed by atoms with van der Waals surface area (Å²) in [5.74, 6) is -1.06. The van der Waals surface area contributed by atoms with Gasteiger partial charge in [-0.05, 0) is 42.0 Å². The van der Waals surface area contributed by atoms with Gasteiger partial charge in [0.15, 0.2) is 0 Å². The number of carbonyl (C=O) groups is 3. The summed E-state index contributed by atoms with van der Waals surface area (Å²) in [5, 5.41) is 0.118. The Kier molecular flexibility index (Phi) is 6.24. The number of nitrogens with zero attached hydrogens (tertiary/aromatic N) is 1. The van der Waals surface area contributed by atoms with Crippen molar-refractivity contribution in [2.45, 2.75) is 19.8 Å². The molecule has 23 heavy (non-hydrogen) atoms. The lowest BCUT2D eigenvalue weighted by molar-refractivity contribution is -0.146. The smallest absolute Gasteiger partial charge is 0.326 e. The van der Waals surface area contributed by atoms with E-state index in [-0.39, 0.29) is 11.4 Å². The fourth-order valence-corrected chi connectivity index (χ4v) is 2.82. The molecular weight excluding hydrogens is 338 g/mol. The number of esters is 1. The molecule has 1 heterocycles. The zero-order chi connectivity index (χ0) is 16.8. The molecule has 0 unspecified atom stereocenters. The summed E-state index contributed by atoms with van der Waals surface area (Å²) in [4.78, 5) is 37.0. The molecule has 7 heteroatoms. The van der Waals surface area contributed by atoms with Gasteiger partial charge in [0.1, 0.15) is 6.54 Å². The molecule has 0 spiro atoms. The van der Waals surface area contributed by atoms with Crippen molar-refractivity contribution in [2.24, 2.45) is 0 Å². The molecule has 1 aliphatic heterocycles. The highest BCUT2D eigenvalue weighted by atomic mass is 35.5. The molecule has 0 atom stereocenters. The average molecular weight is 354 g/mol. The fraction of sp³-hybridized carbons (Fsp3) is 0.312. The number of hydrogen-bond acceptors (Lipinski definition) is 5. The van der Waals surface area contributed by atoms with Crippen molar-refractivity contribution in [1.29, 1.82) is 0 Å². The number of imide groups is 1. The van der Waals surface area contributed by atoms with E-state index in [2.05, 4.69) is 0 Å². The molecule has 1 aliphatic rings. The van der Waals surface area contributed by atoms with Crippen LogP contribution >= 0.6 is 23.4 Å². The predicted octanol–water partition coefficient (Wildman–Crippen LogP) is 3.72. The van der Waals surface area contributed by atoms with Crippen LogP contribution in [0.2, 0.25) is 5.02 Å². The first-order valence-electron chi connectivity index (χ1n) is 7.18. The highest BCUT2D eigenvalue weighted by molar-refractivity contribution is 8.18. The van der Waals surface area contributed by atoms with Crippen LogP contribution in [0.25, 0.3) is 6.08 Å². The molecule has 1 aromatic carbocycles. The van der Waals surface area contributed by atoms with Crippen LogP contribution in [0.3, 0.4) is 0 Å². The normalized spacial score (nSPS) is 16.3. The van der Waals surface area contributed by atoms with Crippen LogP contribution in [-0.2, 0) is 14.3 Å². The second-order valence-corrected chi connectivity index (χ2v) is 6.32. The Bertz CT molecular complexity index is 642. The molecule has 2 amide bonds. The van der Waals surface area contributed by atoms with E-state index in [1.54, 1.807) is 30.3 Å². The summed E-state index contributed by atoms with van der Waals surface area (Å²) in [5.41, 5.74) is 0.755. The maximum atomic E-state index is 12.2. The Labute approximate surface area is 143 Å². The van der Waals surface area contributed by atoms with Crippen molar-refractivity contribution in [3.63, 3.8) is 0 Å². The largest absolute Gasteiger partial charge is 0.464 e. The second-order valence-electron chi connectivity index (χ2n) is 4.89. The highest BCUT2D eigenvalue weighted by Gasteiger charge is 2.36. The minimum absolute atomic E-state index is 0.277. The first kappa shape index (κ1) is 17.6. The van der Waals surface area contributed by atoms with E-state index in [0.717, 1.165) is 35.1 Å². The van der Waals surface area contributed by atoms with E-state index in [1.807, 2.05) is 6.92 Å². The quantitative estimate of drug-likeness (QED) is 0.443. The zero-order valence-corrected chi connectivity index (χ0v) is 14.2. The van der Waals surface area contributed by atoms with Gasteiger partial charge in [-0.1, -0.05) is 37.1 Å². The van der Waals surface area contributed by atoms with Crippen LogP contribution in [0.5, 0.6) is 0 Å². The molecule has 122 valence electrons. The van der Waals surface area contributed by atoms with Crippen molar-refractivity contribution >= 4 is 46.6 Å². The van der Waals surface area contributed by atoms with Crippen LogP contribution in [-0.4, -0.2) is 35.2 Å². The molecule has 2 rings (SSSR count). The van der Waals surface area contributed by atoms with Gasteiger partial charge in [0.05, 0.1) is 11.5 Å². The fourth-order valence-electron chi connectivity index (χ4n) is 1.85. The lowest BCUT2D eigenvalue weighted by Gasteiger charge is -2.11. The summed E-state index contributed by atoms with van der Waals surface area (Å²) in [6, 6.07) is 6.89. The Morgan fingerprint density at radius 3 is 2.65 bits per heavy atom. The number of carbonyl (C=O) groups excluding carboxylic acids is 3. The lowest BCUT2D eigenvalue weighted by atomic mass is 10.2. The second kappa shape index (κ2) is 8.17. The summed E-state index contributed by atoms with van der Waals surface area (Å²) in [6.07, 6.45) is 3.26. The third kappa shape index (κ3) is 4.84. The molecule has 1 aromatic rings. The van der Waals surface area contributed by atoms with Crippen molar-refractivity contribution in [2.75, 3.05) is 13.2 Å². The first-order valence-corrected chi connectivity index (χ1v) is 8.37. The van der Waals surface area contributed by atoms with Gasteiger partial charge in [-0.25, -0.2) is 0 Å². The minimum Gasteiger partial charge on any atom is -0.464 e. The van der Waals surface area contributed by atoms with Gasteiger partial charge < -0.3 is 4.74 Å². The molecule has 0 aromatic heterocycles. The van der Waals surface area contributed by atoms with Crippen molar-refractivity contribution in [3.05, 3.63) is 39.8 Å². The maximum absolute atomic E-state index is 12.2. The van der Waals surface area contributed by atoms with Crippen molar-refractivity contribution in [3.8, 4) is 0 Å².